The van der Waals surface area contributed by atoms with Crippen molar-refractivity contribution in [3.8, 4) is 22.5 Å². The number of rotatable bonds is 6. The van der Waals surface area contributed by atoms with Crippen molar-refractivity contribution in [1.82, 2.24) is 25.1 Å². The zero-order chi connectivity index (χ0) is 25.2. The number of hydrogen-bond donors (Lipinski definition) is 3. The van der Waals surface area contributed by atoms with Gasteiger partial charge in [-0.25, -0.2) is 9.97 Å². The number of anilines is 3. The van der Waals surface area contributed by atoms with E-state index in [4.69, 9.17) is 14.7 Å². The summed E-state index contributed by atoms with van der Waals surface area (Å²) in [6.45, 7) is 2.76. The number of aromatic amines is 1. The number of H-pyrrole nitrogens is 1. The van der Waals surface area contributed by atoms with Crippen LogP contribution in [-0.2, 0) is 18.0 Å². The number of benzene rings is 2. The maximum atomic E-state index is 12.7. The van der Waals surface area contributed by atoms with Crippen LogP contribution >= 0.6 is 0 Å². The highest BCUT2D eigenvalue weighted by Crippen LogP contribution is 2.31. The van der Waals surface area contributed by atoms with E-state index >= 15 is 0 Å². The summed E-state index contributed by atoms with van der Waals surface area (Å²) in [5.74, 6) is 1.03. The summed E-state index contributed by atoms with van der Waals surface area (Å²) >= 11 is 0. The summed E-state index contributed by atoms with van der Waals surface area (Å²) in [4.78, 5) is 26.4. The molecule has 182 valence electrons. The molecule has 0 spiro atoms. The van der Waals surface area contributed by atoms with Crippen LogP contribution in [0.3, 0.4) is 0 Å². The molecule has 2 aromatic carbocycles. The summed E-state index contributed by atoms with van der Waals surface area (Å²) < 4.78 is 5.67. The molecule has 9 nitrogen and oxygen atoms in total. The van der Waals surface area contributed by atoms with Gasteiger partial charge < -0.3 is 15.4 Å². The lowest BCUT2D eigenvalue weighted by Crippen LogP contribution is -2.12. The minimum Gasteiger partial charge on any atom is -0.370 e. The minimum absolute atomic E-state index is 0.228. The number of amides is 1. The molecular formula is C28H23N7O2. The number of aromatic nitrogens is 5. The smallest absolute Gasteiger partial charge is 0.257 e. The summed E-state index contributed by atoms with van der Waals surface area (Å²) in [7, 11) is 0. The normalized spacial score (nSPS) is 12.2. The van der Waals surface area contributed by atoms with E-state index in [-0.39, 0.29) is 5.91 Å². The van der Waals surface area contributed by atoms with Crippen molar-refractivity contribution < 1.29 is 9.53 Å². The maximum Gasteiger partial charge on any atom is 0.257 e. The van der Waals surface area contributed by atoms with E-state index in [9.17, 15) is 4.79 Å². The van der Waals surface area contributed by atoms with E-state index in [2.05, 4.69) is 25.8 Å². The van der Waals surface area contributed by atoms with Crippen LogP contribution in [0.15, 0.2) is 79.3 Å². The van der Waals surface area contributed by atoms with Crippen molar-refractivity contribution in [3.05, 3.63) is 102 Å². The van der Waals surface area contributed by atoms with Gasteiger partial charge in [-0.05, 0) is 48.9 Å². The Labute approximate surface area is 213 Å². The number of aryl methyl sites for hydroxylation is 1. The third-order valence-corrected chi connectivity index (χ3v) is 6.11. The van der Waals surface area contributed by atoms with Crippen molar-refractivity contribution in [2.45, 2.75) is 20.1 Å². The Balaban J connectivity index is 1.26. The summed E-state index contributed by atoms with van der Waals surface area (Å²) in [5, 5.41) is 13.2. The van der Waals surface area contributed by atoms with Gasteiger partial charge in [-0.1, -0.05) is 24.3 Å². The van der Waals surface area contributed by atoms with Crippen LogP contribution in [-0.4, -0.2) is 31.1 Å². The molecule has 1 aliphatic heterocycles. The molecule has 6 rings (SSSR count). The van der Waals surface area contributed by atoms with Crippen LogP contribution in [0.1, 0.15) is 27.3 Å². The second kappa shape index (κ2) is 9.63. The van der Waals surface area contributed by atoms with Gasteiger partial charge in [0, 0.05) is 46.2 Å². The Bertz CT molecular complexity index is 1560. The standard InChI is InChI=1S/C28H23N7O2/c1-17-5-6-20(12-29-17)28(36)33-23-4-2-3-19(11-23)26-34-25-16-37-15-24(25)27(35-26)32-22-9-7-18(8-10-22)21-13-30-31-14-21/h2-14H,15-16H2,1H3,(H,30,31)(H,33,36)(H,32,34,35). The van der Waals surface area contributed by atoms with Gasteiger partial charge in [0.25, 0.3) is 5.91 Å². The molecule has 0 saturated heterocycles. The molecule has 0 unspecified atom stereocenters. The van der Waals surface area contributed by atoms with E-state index in [1.165, 1.54) is 0 Å². The highest BCUT2D eigenvalue weighted by Gasteiger charge is 2.21. The molecule has 0 saturated carbocycles. The second-order valence-electron chi connectivity index (χ2n) is 8.73. The molecule has 5 aromatic rings. The van der Waals surface area contributed by atoms with Gasteiger partial charge in [-0.15, -0.1) is 0 Å². The molecule has 1 amide bonds. The van der Waals surface area contributed by atoms with Crippen molar-refractivity contribution in [2.24, 2.45) is 0 Å². The lowest BCUT2D eigenvalue weighted by Gasteiger charge is -2.13. The zero-order valence-electron chi connectivity index (χ0n) is 20.0. The first-order valence-corrected chi connectivity index (χ1v) is 11.8. The Morgan fingerprint density at radius 2 is 1.81 bits per heavy atom. The van der Waals surface area contributed by atoms with E-state index in [1.807, 2.05) is 67.7 Å². The SMILES string of the molecule is Cc1ccc(C(=O)Nc2cccc(-c3nc4c(c(Nc5ccc(-c6cn[nH]c6)cc5)n3)COC4)c2)cn1. The Kier molecular flexibility index (Phi) is 5.88. The van der Waals surface area contributed by atoms with E-state index in [0.717, 1.165) is 39.3 Å². The monoisotopic (exact) mass is 489 g/mol. The van der Waals surface area contributed by atoms with Gasteiger partial charge in [0.15, 0.2) is 5.82 Å². The first kappa shape index (κ1) is 22.6. The van der Waals surface area contributed by atoms with Gasteiger partial charge >= 0.3 is 0 Å². The number of nitrogens with one attached hydrogen (secondary N) is 3. The molecule has 0 fully saturated rings. The Morgan fingerprint density at radius 1 is 0.919 bits per heavy atom. The van der Waals surface area contributed by atoms with Crippen LogP contribution in [0, 0.1) is 6.92 Å². The van der Waals surface area contributed by atoms with Crippen LogP contribution in [0.4, 0.5) is 17.2 Å². The van der Waals surface area contributed by atoms with Crippen LogP contribution in [0.25, 0.3) is 22.5 Å². The van der Waals surface area contributed by atoms with Crippen molar-refractivity contribution >= 4 is 23.1 Å². The fourth-order valence-corrected chi connectivity index (χ4v) is 4.12. The number of carbonyl (C=O) groups is 1. The lowest BCUT2D eigenvalue weighted by atomic mass is 10.1. The number of fused-ring (bicyclic) bond motifs is 1. The molecule has 0 aliphatic carbocycles. The van der Waals surface area contributed by atoms with E-state index in [1.54, 1.807) is 18.5 Å². The number of carbonyl (C=O) groups excluding carboxylic acids is 1. The predicted molar refractivity (Wildman–Crippen MR) is 140 cm³/mol. The molecule has 37 heavy (non-hydrogen) atoms. The van der Waals surface area contributed by atoms with Gasteiger partial charge in [-0.3, -0.25) is 14.9 Å². The number of pyridine rings is 1. The predicted octanol–water partition coefficient (Wildman–Crippen LogP) is 5.26. The highest BCUT2D eigenvalue weighted by atomic mass is 16.5. The van der Waals surface area contributed by atoms with E-state index in [0.29, 0.717) is 36.1 Å². The average molecular weight is 490 g/mol. The average Bonchev–Trinajstić information content (AvgIpc) is 3.62. The maximum absolute atomic E-state index is 12.7. The molecular weight excluding hydrogens is 466 g/mol. The first-order chi connectivity index (χ1) is 18.1. The van der Waals surface area contributed by atoms with Crippen LogP contribution in [0.2, 0.25) is 0 Å². The topological polar surface area (TPSA) is 118 Å². The quantitative estimate of drug-likeness (QED) is 0.298. The molecule has 0 bridgehead atoms. The Hall–Kier alpha value is -4.89. The van der Waals surface area contributed by atoms with Crippen molar-refractivity contribution in [1.29, 1.82) is 0 Å². The lowest BCUT2D eigenvalue weighted by molar-refractivity contribution is 0.102. The zero-order valence-corrected chi connectivity index (χ0v) is 20.0. The summed E-state index contributed by atoms with van der Waals surface area (Å²) in [6, 6.07) is 19.1. The first-order valence-electron chi connectivity index (χ1n) is 11.8. The summed E-state index contributed by atoms with van der Waals surface area (Å²) in [5.41, 5.74) is 7.56. The fourth-order valence-electron chi connectivity index (χ4n) is 4.12. The molecule has 1 aliphatic rings. The van der Waals surface area contributed by atoms with Gasteiger partial charge in [0.2, 0.25) is 0 Å². The number of ether oxygens (including phenoxy) is 1. The van der Waals surface area contributed by atoms with Crippen molar-refractivity contribution in [3.63, 3.8) is 0 Å². The van der Waals surface area contributed by atoms with Crippen molar-refractivity contribution in [2.75, 3.05) is 10.6 Å². The Morgan fingerprint density at radius 3 is 2.59 bits per heavy atom. The number of hydrogen-bond acceptors (Lipinski definition) is 7. The third-order valence-electron chi connectivity index (χ3n) is 6.11. The molecule has 3 aromatic heterocycles. The van der Waals surface area contributed by atoms with Crippen LogP contribution < -0.4 is 10.6 Å². The second-order valence-corrected chi connectivity index (χ2v) is 8.73. The molecule has 4 heterocycles. The van der Waals surface area contributed by atoms with Gasteiger partial charge in [-0.2, -0.15) is 5.10 Å². The fraction of sp³-hybridized carbons (Fsp3) is 0.107. The number of nitrogens with zero attached hydrogens (tertiary/aromatic N) is 4. The highest BCUT2D eigenvalue weighted by molar-refractivity contribution is 6.04. The van der Waals surface area contributed by atoms with Gasteiger partial charge in [0.05, 0.1) is 30.7 Å². The summed E-state index contributed by atoms with van der Waals surface area (Å²) in [6.07, 6.45) is 5.22. The third kappa shape index (κ3) is 4.80. The van der Waals surface area contributed by atoms with E-state index < -0.39 is 0 Å². The molecule has 0 radical (unpaired) electrons. The van der Waals surface area contributed by atoms with Crippen LogP contribution in [0.5, 0.6) is 0 Å². The molecule has 3 N–H and O–H groups in total. The largest absolute Gasteiger partial charge is 0.370 e. The minimum atomic E-state index is -0.228. The van der Waals surface area contributed by atoms with Gasteiger partial charge in [0.1, 0.15) is 5.82 Å². The molecule has 9 heteroatoms. The molecule has 0 atom stereocenters.